The maximum atomic E-state index is 13.1. The molecule has 5 aliphatic rings. The minimum absolute atomic E-state index is 0.0181. The van der Waals surface area contributed by atoms with E-state index in [2.05, 4.69) is 57.3 Å². The van der Waals surface area contributed by atoms with Gasteiger partial charge >= 0.3 is 13.2 Å². The van der Waals surface area contributed by atoms with Crippen LogP contribution in [0.1, 0.15) is 70.4 Å². The molecule has 1 aromatic carbocycles. The minimum Gasteiger partial charge on any atom is -0.447 e. The molecule has 38 heavy (non-hydrogen) atoms. The number of carbonyl (C=O) groups excluding carboxylic acids is 2. The molecule has 5 fully saturated rings. The molecule has 1 aromatic rings. The average Bonchev–Trinajstić information content (AvgIpc) is 3.26. The van der Waals surface area contributed by atoms with Gasteiger partial charge in [-0.1, -0.05) is 43.7 Å². The van der Waals surface area contributed by atoms with E-state index in [1.807, 2.05) is 6.07 Å². The lowest BCUT2D eigenvalue weighted by Gasteiger charge is -2.64. The largest absolute Gasteiger partial charge is 0.482 e. The first-order valence-corrected chi connectivity index (χ1v) is 14.1. The Hall–Kier alpha value is -2.57. The van der Waals surface area contributed by atoms with Crippen molar-refractivity contribution >= 4 is 19.1 Å². The number of likely N-dealkylation sites (tertiary alicyclic amines) is 1. The standard InChI is InChI=1S/C29H40BN3O5/c1-19-8-10-20(11-9-19)15-25(30-37-24-17-21-16-23(28(21,2)3)29(24,4)38-30)32-27(35)36-18-22-7-5-6-14-33(22)26(34)12-13-31/h8-11,21-25H,5-7,12,14-18H2,1-4H3,(H,32,35)/t21?,22-,23+,24-,25+,29+/m1/s1. The Morgan fingerprint density at radius 2 is 2.00 bits per heavy atom. The predicted molar refractivity (Wildman–Crippen MR) is 143 cm³/mol. The van der Waals surface area contributed by atoms with E-state index in [9.17, 15) is 9.59 Å². The van der Waals surface area contributed by atoms with Crippen LogP contribution in [-0.4, -0.2) is 60.9 Å². The van der Waals surface area contributed by atoms with Gasteiger partial charge in [0.25, 0.3) is 0 Å². The minimum atomic E-state index is -0.572. The molecule has 3 aliphatic carbocycles. The number of nitrogens with one attached hydrogen (secondary N) is 1. The molecule has 9 heteroatoms. The first-order valence-electron chi connectivity index (χ1n) is 14.1. The summed E-state index contributed by atoms with van der Waals surface area (Å²) in [6, 6.07) is 9.99. The van der Waals surface area contributed by atoms with Gasteiger partial charge in [0.15, 0.2) is 0 Å². The number of hydrogen-bond acceptors (Lipinski definition) is 6. The van der Waals surface area contributed by atoms with E-state index < -0.39 is 19.2 Å². The highest BCUT2D eigenvalue weighted by molar-refractivity contribution is 6.47. The van der Waals surface area contributed by atoms with Crippen molar-refractivity contribution in [3.8, 4) is 6.07 Å². The van der Waals surface area contributed by atoms with Crippen molar-refractivity contribution in [1.29, 1.82) is 5.26 Å². The van der Waals surface area contributed by atoms with Crippen LogP contribution in [0.4, 0.5) is 4.79 Å². The molecule has 2 bridgehead atoms. The molecule has 6 atom stereocenters. The zero-order chi connectivity index (χ0) is 27.1. The Morgan fingerprint density at radius 1 is 1.24 bits per heavy atom. The fourth-order valence-electron chi connectivity index (χ4n) is 7.30. The zero-order valence-corrected chi connectivity index (χ0v) is 23.1. The number of piperidine rings is 1. The number of alkyl carbamates (subject to hydrolysis) is 1. The van der Waals surface area contributed by atoms with Gasteiger partial charge in [-0.3, -0.25) is 4.79 Å². The molecule has 0 aromatic heterocycles. The summed E-state index contributed by atoms with van der Waals surface area (Å²) in [6.07, 6.45) is 4.62. The summed E-state index contributed by atoms with van der Waals surface area (Å²) in [7, 11) is -0.572. The number of nitrogens with zero attached hydrogens (tertiary/aromatic N) is 2. The van der Waals surface area contributed by atoms with Gasteiger partial charge in [-0.25, -0.2) is 4.79 Å². The fraction of sp³-hybridized carbons (Fsp3) is 0.690. The van der Waals surface area contributed by atoms with Gasteiger partial charge < -0.3 is 24.3 Å². The average molecular weight is 521 g/mol. The van der Waals surface area contributed by atoms with Crippen molar-refractivity contribution < 1.29 is 23.6 Å². The predicted octanol–water partition coefficient (Wildman–Crippen LogP) is 4.19. The van der Waals surface area contributed by atoms with Crippen LogP contribution < -0.4 is 5.32 Å². The summed E-state index contributed by atoms with van der Waals surface area (Å²) in [4.78, 5) is 27.1. The molecule has 2 saturated heterocycles. The molecule has 3 saturated carbocycles. The number of amides is 2. The molecular formula is C29H40BN3O5. The van der Waals surface area contributed by atoms with Crippen LogP contribution in [0.25, 0.3) is 0 Å². The van der Waals surface area contributed by atoms with Gasteiger partial charge in [0, 0.05) is 6.54 Å². The first kappa shape index (κ1) is 27.0. The fourth-order valence-corrected chi connectivity index (χ4v) is 7.30. The lowest BCUT2D eigenvalue weighted by molar-refractivity contribution is -0.199. The van der Waals surface area contributed by atoms with E-state index in [0.29, 0.717) is 24.8 Å². The first-order chi connectivity index (χ1) is 18.1. The van der Waals surface area contributed by atoms with Gasteiger partial charge in [0.05, 0.1) is 29.8 Å². The Kier molecular flexibility index (Phi) is 7.49. The van der Waals surface area contributed by atoms with E-state index in [-0.39, 0.29) is 42.1 Å². The second-order valence-corrected chi connectivity index (χ2v) is 12.4. The number of nitriles is 1. The van der Waals surface area contributed by atoms with Gasteiger partial charge in [0.1, 0.15) is 13.0 Å². The Bertz CT molecular complexity index is 1090. The zero-order valence-electron chi connectivity index (χ0n) is 23.1. The third-order valence-electron chi connectivity index (χ3n) is 9.76. The molecule has 2 aliphatic heterocycles. The van der Waals surface area contributed by atoms with E-state index in [4.69, 9.17) is 19.3 Å². The maximum Gasteiger partial charge on any atom is 0.482 e. The second kappa shape index (κ2) is 10.5. The summed E-state index contributed by atoms with van der Waals surface area (Å²) < 4.78 is 18.9. The number of rotatable bonds is 7. The summed E-state index contributed by atoms with van der Waals surface area (Å²) in [6.45, 7) is 9.59. The Morgan fingerprint density at radius 3 is 2.71 bits per heavy atom. The quantitative estimate of drug-likeness (QED) is 0.540. The number of aryl methyl sites for hydroxylation is 1. The van der Waals surface area contributed by atoms with E-state index in [1.165, 1.54) is 5.56 Å². The SMILES string of the molecule is Cc1ccc(C[C@H](NC(=O)OC[C@H]2CCCCN2C(=O)CC#N)B2O[C@@H]3CC4C[C@@H](C4(C)C)[C@]3(C)O2)cc1. The van der Waals surface area contributed by atoms with Crippen LogP contribution in [0.15, 0.2) is 24.3 Å². The topological polar surface area (TPSA) is 101 Å². The van der Waals surface area contributed by atoms with Crippen LogP contribution in [0, 0.1) is 35.5 Å². The summed E-state index contributed by atoms with van der Waals surface area (Å²) in [5, 5.41) is 12.0. The Balaban J connectivity index is 1.26. The highest BCUT2D eigenvalue weighted by Crippen LogP contribution is 2.65. The molecule has 1 N–H and O–H groups in total. The number of carbonyl (C=O) groups is 2. The highest BCUT2D eigenvalue weighted by Gasteiger charge is 2.68. The van der Waals surface area contributed by atoms with Gasteiger partial charge in [-0.15, -0.1) is 0 Å². The third kappa shape index (κ3) is 5.05. The number of ether oxygens (including phenoxy) is 1. The third-order valence-corrected chi connectivity index (χ3v) is 9.76. The van der Waals surface area contributed by atoms with Gasteiger partial charge in [-0.05, 0) is 75.2 Å². The molecule has 2 amide bonds. The van der Waals surface area contributed by atoms with E-state index in [1.54, 1.807) is 4.90 Å². The van der Waals surface area contributed by atoms with Crippen LogP contribution in [0.3, 0.4) is 0 Å². The molecule has 204 valence electrons. The van der Waals surface area contributed by atoms with Crippen molar-refractivity contribution in [3.05, 3.63) is 35.4 Å². The van der Waals surface area contributed by atoms with Crippen LogP contribution in [0.5, 0.6) is 0 Å². The number of benzene rings is 1. The molecule has 0 radical (unpaired) electrons. The van der Waals surface area contributed by atoms with Crippen molar-refractivity contribution in [1.82, 2.24) is 10.2 Å². The van der Waals surface area contributed by atoms with Crippen molar-refractivity contribution in [2.75, 3.05) is 13.2 Å². The van der Waals surface area contributed by atoms with Crippen molar-refractivity contribution in [2.45, 2.75) is 96.3 Å². The van der Waals surface area contributed by atoms with Crippen molar-refractivity contribution in [2.24, 2.45) is 17.3 Å². The van der Waals surface area contributed by atoms with Crippen LogP contribution in [-0.2, 0) is 25.3 Å². The smallest absolute Gasteiger partial charge is 0.447 e. The van der Waals surface area contributed by atoms with Crippen LogP contribution in [0.2, 0.25) is 0 Å². The molecule has 8 nitrogen and oxygen atoms in total. The van der Waals surface area contributed by atoms with Crippen molar-refractivity contribution in [3.63, 3.8) is 0 Å². The lowest BCUT2D eigenvalue weighted by Crippen LogP contribution is -2.65. The second-order valence-electron chi connectivity index (χ2n) is 12.4. The lowest BCUT2D eigenvalue weighted by atomic mass is 9.43. The highest BCUT2D eigenvalue weighted by atomic mass is 16.7. The summed E-state index contributed by atoms with van der Waals surface area (Å²) in [5.41, 5.74) is 2.12. The van der Waals surface area contributed by atoms with Gasteiger partial charge in [-0.2, -0.15) is 5.26 Å². The van der Waals surface area contributed by atoms with Crippen LogP contribution >= 0.6 is 0 Å². The summed E-state index contributed by atoms with van der Waals surface area (Å²) >= 11 is 0. The molecule has 1 unspecified atom stereocenters. The molecular weight excluding hydrogens is 481 g/mol. The van der Waals surface area contributed by atoms with E-state index in [0.717, 1.165) is 37.7 Å². The monoisotopic (exact) mass is 521 g/mol. The maximum absolute atomic E-state index is 13.1. The van der Waals surface area contributed by atoms with Gasteiger partial charge in [0.2, 0.25) is 5.91 Å². The molecule has 6 rings (SSSR count). The Labute approximate surface area is 226 Å². The number of hydrogen-bond donors (Lipinski definition) is 1. The summed E-state index contributed by atoms with van der Waals surface area (Å²) in [5.74, 6) is 0.446. The molecule has 0 spiro atoms. The van der Waals surface area contributed by atoms with E-state index >= 15 is 0 Å². The normalized spacial score (nSPS) is 32.0. The molecule has 2 heterocycles.